The molecule has 0 heterocycles. The molecular weight excluding hydrogens is 384 g/mol. The van der Waals surface area contributed by atoms with E-state index >= 15 is 0 Å². The molecule has 0 bridgehead atoms. The van der Waals surface area contributed by atoms with Gasteiger partial charge in [-0.15, -0.1) is 0 Å². The van der Waals surface area contributed by atoms with Crippen LogP contribution in [0.2, 0.25) is 0 Å². The normalized spacial score (nSPS) is 18.3. The number of aldehydes is 1. The number of benzene rings is 3. The molecule has 0 amide bonds. The van der Waals surface area contributed by atoms with E-state index in [-0.39, 0.29) is 23.9 Å². The fraction of sp³-hybridized carbons (Fsp3) is 0.250. The average molecular weight is 411 g/mol. The average Bonchev–Trinajstić information content (AvgIpc) is 2.84. The van der Waals surface area contributed by atoms with Crippen LogP contribution in [0.1, 0.15) is 73.8 Å². The molecule has 0 radical (unpaired) electrons. The van der Waals surface area contributed by atoms with Crippen LogP contribution < -0.4 is 0 Å². The van der Waals surface area contributed by atoms with Crippen LogP contribution in [0, 0.1) is 5.92 Å². The highest BCUT2D eigenvalue weighted by atomic mass is 16.1. The summed E-state index contributed by atoms with van der Waals surface area (Å²) >= 11 is 0. The van der Waals surface area contributed by atoms with Gasteiger partial charge in [0.05, 0.1) is 0 Å². The van der Waals surface area contributed by atoms with Gasteiger partial charge in [-0.3, -0.25) is 14.4 Å². The van der Waals surface area contributed by atoms with Crippen molar-refractivity contribution in [1.29, 1.82) is 0 Å². The molecular formula is C28H26O3. The van der Waals surface area contributed by atoms with Gasteiger partial charge in [0.15, 0.2) is 11.6 Å². The molecule has 0 aromatic heterocycles. The molecule has 31 heavy (non-hydrogen) atoms. The van der Waals surface area contributed by atoms with E-state index in [9.17, 15) is 14.4 Å². The summed E-state index contributed by atoms with van der Waals surface area (Å²) in [7, 11) is 0. The Morgan fingerprint density at radius 2 is 1.48 bits per heavy atom. The fourth-order valence-corrected chi connectivity index (χ4v) is 4.53. The van der Waals surface area contributed by atoms with E-state index < -0.39 is 0 Å². The predicted octanol–water partition coefficient (Wildman–Crippen LogP) is 6.08. The summed E-state index contributed by atoms with van der Waals surface area (Å²) in [6.45, 7) is 0. The molecule has 1 saturated carbocycles. The minimum atomic E-state index is 0.0479. The Bertz CT molecular complexity index is 1060. The van der Waals surface area contributed by atoms with Gasteiger partial charge in [-0.05, 0) is 48.8 Å². The molecule has 1 fully saturated rings. The molecule has 3 nitrogen and oxygen atoms in total. The van der Waals surface area contributed by atoms with E-state index in [1.165, 1.54) is 5.56 Å². The lowest BCUT2D eigenvalue weighted by atomic mass is 9.76. The topological polar surface area (TPSA) is 51.2 Å². The lowest BCUT2D eigenvalue weighted by Gasteiger charge is -2.28. The summed E-state index contributed by atoms with van der Waals surface area (Å²) in [5, 5.41) is 0. The third-order valence-electron chi connectivity index (χ3n) is 6.31. The number of hydrogen-bond donors (Lipinski definition) is 0. The van der Waals surface area contributed by atoms with Crippen LogP contribution >= 0.6 is 0 Å². The van der Waals surface area contributed by atoms with Crippen molar-refractivity contribution in [1.82, 2.24) is 0 Å². The maximum absolute atomic E-state index is 12.7. The molecule has 3 aromatic rings. The lowest BCUT2D eigenvalue weighted by molar-refractivity contribution is 0.0883. The van der Waals surface area contributed by atoms with Crippen molar-refractivity contribution in [3.8, 4) is 0 Å². The minimum absolute atomic E-state index is 0.0479. The van der Waals surface area contributed by atoms with Gasteiger partial charge in [0.1, 0.15) is 6.29 Å². The van der Waals surface area contributed by atoms with Crippen LogP contribution in [0.4, 0.5) is 0 Å². The van der Waals surface area contributed by atoms with Crippen molar-refractivity contribution < 1.29 is 14.4 Å². The first kappa shape index (κ1) is 20.9. The van der Waals surface area contributed by atoms with Crippen LogP contribution in [0.25, 0.3) is 0 Å². The first-order valence-corrected chi connectivity index (χ1v) is 10.9. The molecule has 4 rings (SSSR count). The van der Waals surface area contributed by atoms with Crippen LogP contribution in [-0.2, 0) is 6.42 Å². The van der Waals surface area contributed by atoms with Crippen LogP contribution in [0.5, 0.6) is 0 Å². The summed E-state index contributed by atoms with van der Waals surface area (Å²) in [5.74, 6) is 0.861. The van der Waals surface area contributed by atoms with Crippen molar-refractivity contribution in [3.63, 3.8) is 0 Å². The standard InChI is InChI=1S/C28H26O3/c29-19-21-6-4-5-20(17-21)18-27(30)24-13-9-22(10-14-24)23-11-15-26(16-12-23)28(31)25-7-2-1-3-8-25/h1-10,13-14,17,19,23,26H,11-12,15-16,18H2. The zero-order valence-electron chi connectivity index (χ0n) is 17.5. The second-order valence-electron chi connectivity index (χ2n) is 8.36. The maximum Gasteiger partial charge on any atom is 0.167 e. The largest absolute Gasteiger partial charge is 0.298 e. The highest BCUT2D eigenvalue weighted by Crippen LogP contribution is 2.37. The Morgan fingerprint density at radius 3 is 2.16 bits per heavy atom. The minimum Gasteiger partial charge on any atom is -0.298 e. The first-order valence-electron chi connectivity index (χ1n) is 10.9. The number of carbonyl (C=O) groups is 3. The van der Waals surface area contributed by atoms with Crippen LogP contribution in [0.3, 0.4) is 0 Å². The molecule has 1 aliphatic rings. The van der Waals surface area contributed by atoms with Crippen molar-refractivity contribution >= 4 is 17.9 Å². The smallest absolute Gasteiger partial charge is 0.167 e. The van der Waals surface area contributed by atoms with Gasteiger partial charge < -0.3 is 0 Å². The summed E-state index contributed by atoms with van der Waals surface area (Å²) in [6, 6.07) is 24.7. The van der Waals surface area contributed by atoms with Crippen LogP contribution in [-0.4, -0.2) is 17.9 Å². The molecule has 156 valence electrons. The Kier molecular flexibility index (Phi) is 6.51. The predicted molar refractivity (Wildman–Crippen MR) is 122 cm³/mol. The van der Waals surface area contributed by atoms with E-state index in [0.29, 0.717) is 17.0 Å². The van der Waals surface area contributed by atoms with Gasteiger partial charge in [-0.2, -0.15) is 0 Å². The van der Waals surface area contributed by atoms with Crippen molar-refractivity contribution in [3.05, 3.63) is 107 Å². The van der Waals surface area contributed by atoms with Gasteiger partial charge in [0.25, 0.3) is 0 Å². The molecule has 0 saturated heterocycles. The quantitative estimate of drug-likeness (QED) is 0.350. The molecule has 3 aromatic carbocycles. The second kappa shape index (κ2) is 9.65. The van der Waals surface area contributed by atoms with Crippen molar-refractivity contribution in [2.24, 2.45) is 5.92 Å². The number of rotatable bonds is 7. The second-order valence-corrected chi connectivity index (χ2v) is 8.36. The van der Waals surface area contributed by atoms with Gasteiger partial charge in [-0.25, -0.2) is 0 Å². The SMILES string of the molecule is O=Cc1cccc(CC(=O)c2ccc(C3CCC(C(=O)c4ccccc4)CC3)cc2)c1. The summed E-state index contributed by atoms with van der Waals surface area (Å²) in [4.78, 5) is 36.3. The summed E-state index contributed by atoms with van der Waals surface area (Å²) in [5.41, 5.74) is 4.17. The van der Waals surface area contributed by atoms with Crippen molar-refractivity contribution in [2.75, 3.05) is 0 Å². The van der Waals surface area contributed by atoms with Gasteiger partial charge >= 0.3 is 0 Å². The van der Waals surface area contributed by atoms with E-state index in [0.717, 1.165) is 43.1 Å². The van der Waals surface area contributed by atoms with Gasteiger partial charge in [0, 0.05) is 29.0 Å². The van der Waals surface area contributed by atoms with E-state index in [1.54, 1.807) is 18.2 Å². The zero-order chi connectivity index (χ0) is 21.6. The Balaban J connectivity index is 1.35. The Morgan fingerprint density at radius 1 is 0.774 bits per heavy atom. The molecule has 3 heteroatoms. The Labute approximate surface area is 183 Å². The molecule has 0 spiro atoms. The maximum atomic E-state index is 12.7. The molecule has 1 aliphatic carbocycles. The lowest BCUT2D eigenvalue weighted by Crippen LogP contribution is -2.21. The number of Topliss-reactive ketones (excluding diaryl/α,β-unsaturated/α-hetero) is 2. The summed E-state index contributed by atoms with van der Waals surface area (Å²) in [6.07, 6.45) is 4.89. The number of hydrogen-bond acceptors (Lipinski definition) is 3. The number of ketones is 2. The zero-order valence-corrected chi connectivity index (χ0v) is 17.5. The third-order valence-corrected chi connectivity index (χ3v) is 6.31. The number of carbonyl (C=O) groups excluding carboxylic acids is 3. The Hall–Kier alpha value is -3.33. The summed E-state index contributed by atoms with van der Waals surface area (Å²) < 4.78 is 0. The molecule has 0 aliphatic heterocycles. The molecule has 0 atom stereocenters. The van der Waals surface area contributed by atoms with Crippen molar-refractivity contribution in [2.45, 2.75) is 38.0 Å². The van der Waals surface area contributed by atoms with Crippen LogP contribution in [0.15, 0.2) is 78.9 Å². The van der Waals surface area contributed by atoms with E-state index in [1.807, 2.05) is 48.5 Å². The molecule has 0 unspecified atom stereocenters. The van der Waals surface area contributed by atoms with E-state index in [4.69, 9.17) is 0 Å². The molecule has 0 N–H and O–H groups in total. The van der Waals surface area contributed by atoms with Gasteiger partial charge in [-0.1, -0.05) is 72.8 Å². The monoisotopic (exact) mass is 410 g/mol. The highest BCUT2D eigenvalue weighted by Gasteiger charge is 2.27. The highest BCUT2D eigenvalue weighted by molar-refractivity contribution is 5.98. The first-order chi connectivity index (χ1) is 15.1. The van der Waals surface area contributed by atoms with E-state index in [2.05, 4.69) is 12.1 Å². The van der Waals surface area contributed by atoms with Gasteiger partial charge in [0.2, 0.25) is 0 Å². The third kappa shape index (κ3) is 5.05. The fourth-order valence-electron chi connectivity index (χ4n) is 4.53.